The third-order valence-electron chi connectivity index (χ3n) is 4.57. The molecule has 2 aromatic heterocycles. The van der Waals surface area contributed by atoms with Crippen molar-refractivity contribution in [3.05, 3.63) is 92.8 Å². The molecule has 0 saturated carbocycles. The molecule has 1 aromatic carbocycles. The average Bonchev–Trinajstić information content (AvgIpc) is 3.51. The molecule has 37 heavy (non-hydrogen) atoms. The molecule has 0 spiro atoms. The summed E-state index contributed by atoms with van der Waals surface area (Å²) in [4.78, 5) is 42.3. The van der Waals surface area contributed by atoms with Gasteiger partial charge in [0.2, 0.25) is 0 Å². The fourth-order valence-corrected chi connectivity index (χ4v) is 4.72. The summed E-state index contributed by atoms with van der Waals surface area (Å²) >= 11 is 3.19. The first-order valence-corrected chi connectivity index (χ1v) is 12.1. The number of non-ortho nitro benzene ring substituents is 1. The predicted molar refractivity (Wildman–Crippen MR) is 138 cm³/mol. The number of esters is 1. The number of thiophene rings is 2. The number of carbonyl (C=O) groups is 1. The summed E-state index contributed by atoms with van der Waals surface area (Å²) in [5.41, 5.74) is 3.89. The second-order valence-corrected chi connectivity index (χ2v) is 9.65. The van der Waals surface area contributed by atoms with E-state index in [1.165, 1.54) is 0 Å². The average molecular weight is 551 g/mol. The number of phenols is 1. The molecule has 15 heteroatoms. The van der Waals surface area contributed by atoms with Crippen molar-refractivity contribution in [3.8, 4) is 5.75 Å². The second-order valence-electron chi connectivity index (χ2n) is 7.75. The van der Waals surface area contributed by atoms with E-state index >= 15 is 0 Å². The Morgan fingerprint density at radius 3 is 1.73 bits per heavy atom. The van der Waals surface area contributed by atoms with Gasteiger partial charge >= 0.3 is 17.3 Å². The monoisotopic (exact) mass is 550 g/mol. The third-order valence-corrected chi connectivity index (χ3v) is 6.34. The minimum Gasteiger partial charge on any atom is -0.497 e. The lowest BCUT2D eigenvalue weighted by atomic mass is 9.89. The van der Waals surface area contributed by atoms with Gasteiger partial charge in [0.15, 0.2) is 0 Å². The van der Waals surface area contributed by atoms with E-state index in [4.69, 9.17) is 15.6 Å². The lowest BCUT2D eigenvalue weighted by Gasteiger charge is -2.24. The highest BCUT2D eigenvalue weighted by atomic mass is 32.1. The van der Waals surface area contributed by atoms with Gasteiger partial charge in [-0.05, 0) is 43.7 Å². The van der Waals surface area contributed by atoms with Crippen LogP contribution in [0.25, 0.3) is 5.57 Å². The first kappa shape index (κ1) is 29.0. The fourth-order valence-electron chi connectivity index (χ4n) is 3.07. The number of nitrogens with two attached hydrogens (primary N) is 1. The van der Waals surface area contributed by atoms with Gasteiger partial charge in [-0.2, -0.15) is 0 Å². The minimum atomic E-state index is -1.21. The molecular weight excluding hydrogens is 528 g/mol. The molecular formula is C22H22N4O9S2. The Kier molecular flexibility index (Phi) is 9.54. The Labute approximate surface area is 217 Å². The Morgan fingerprint density at radius 2 is 1.43 bits per heavy atom. The number of nitro groups is 3. The Bertz CT molecular complexity index is 1260. The standard InChI is InChI=1S/C16H19NO2S2.C6H3N3O7/c1-4-19-15(18)14(16(2,3)17)13(11-7-5-9-20-11)12-8-6-10-21-12;10-6-4(8(13)14)1-3(7(11)12)2-5(6)9(15)16/h5-10H,4,17H2,1-3H3;1-2,10H. The van der Waals surface area contributed by atoms with Crippen LogP contribution in [-0.2, 0) is 9.53 Å². The zero-order chi connectivity index (χ0) is 27.9. The van der Waals surface area contributed by atoms with Crippen molar-refractivity contribution in [2.45, 2.75) is 26.3 Å². The van der Waals surface area contributed by atoms with Gasteiger partial charge < -0.3 is 15.6 Å². The van der Waals surface area contributed by atoms with Gasteiger partial charge in [-0.15, -0.1) is 22.7 Å². The van der Waals surface area contributed by atoms with Gasteiger partial charge in [0.25, 0.3) is 11.4 Å². The highest BCUT2D eigenvalue weighted by molar-refractivity contribution is 7.13. The van der Waals surface area contributed by atoms with Gasteiger partial charge in [0, 0.05) is 20.9 Å². The van der Waals surface area contributed by atoms with E-state index in [0.717, 1.165) is 15.3 Å². The van der Waals surface area contributed by atoms with Crippen molar-refractivity contribution >= 4 is 51.3 Å². The van der Waals surface area contributed by atoms with E-state index in [1.807, 2.05) is 48.9 Å². The number of nitro benzene ring substituents is 3. The zero-order valence-corrected chi connectivity index (χ0v) is 21.4. The van der Waals surface area contributed by atoms with Crippen LogP contribution in [0.4, 0.5) is 17.1 Å². The van der Waals surface area contributed by atoms with Gasteiger partial charge in [-0.25, -0.2) is 4.79 Å². The van der Waals surface area contributed by atoms with E-state index in [1.54, 1.807) is 29.6 Å². The number of phenolic OH excluding ortho intramolecular Hbond substituents is 1. The van der Waals surface area contributed by atoms with Crippen LogP contribution in [0.1, 0.15) is 30.5 Å². The quantitative estimate of drug-likeness (QED) is 0.166. The van der Waals surface area contributed by atoms with Gasteiger partial charge in [-0.3, -0.25) is 30.3 Å². The minimum absolute atomic E-state index is 0.334. The summed E-state index contributed by atoms with van der Waals surface area (Å²) in [5.74, 6) is -1.55. The molecule has 0 aliphatic heterocycles. The molecule has 196 valence electrons. The molecule has 0 amide bonds. The number of hydrogen-bond acceptors (Lipinski definition) is 12. The van der Waals surface area contributed by atoms with E-state index < -0.39 is 43.1 Å². The largest absolute Gasteiger partial charge is 0.497 e. The molecule has 0 aliphatic rings. The molecule has 3 N–H and O–H groups in total. The van der Waals surface area contributed by atoms with Crippen LogP contribution in [0.15, 0.2) is 52.7 Å². The number of carbonyl (C=O) groups excluding carboxylic acids is 1. The number of benzene rings is 1. The van der Waals surface area contributed by atoms with Crippen molar-refractivity contribution < 1.29 is 29.4 Å². The Morgan fingerprint density at radius 1 is 0.973 bits per heavy atom. The van der Waals surface area contributed by atoms with Crippen molar-refractivity contribution in [1.82, 2.24) is 0 Å². The third kappa shape index (κ3) is 7.16. The number of nitrogens with zero attached hydrogens (tertiary/aromatic N) is 3. The molecule has 0 atom stereocenters. The summed E-state index contributed by atoms with van der Waals surface area (Å²) in [5, 5.41) is 44.2. The number of ether oxygens (including phenoxy) is 1. The van der Waals surface area contributed by atoms with Crippen LogP contribution in [-0.4, -0.2) is 38.0 Å². The molecule has 2 heterocycles. The number of hydrogen-bond donors (Lipinski definition) is 2. The van der Waals surface area contributed by atoms with Crippen LogP contribution in [0.3, 0.4) is 0 Å². The van der Waals surface area contributed by atoms with Crippen LogP contribution in [0.2, 0.25) is 0 Å². The van der Waals surface area contributed by atoms with Crippen LogP contribution >= 0.6 is 22.7 Å². The number of rotatable bonds is 8. The maximum Gasteiger partial charge on any atom is 0.336 e. The van der Waals surface area contributed by atoms with Gasteiger partial charge in [0.05, 0.1) is 39.1 Å². The van der Waals surface area contributed by atoms with Crippen LogP contribution in [0, 0.1) is 30.3 Å². The van der Waals surface area contributed by atoms with Crippen molar-refractivity contribution in [2.75, 3.05) is 6.61 Å². The predicted octanol–water partition coefficient (Wildman–Crippen LogP) is 5.03. The Balaban J connectivity index is 0.000000271. The summed E-state index contributed by atoms with van der Waals surface area (Å²) in [7, 11) is 0. The highest BCUT2D eigenvalue weighted by Crippen LogP contribution is 2.39. The Hall–Kier alpha value is -4.21. The lowest BCUT2D eigenvalue weighted by molar-refractivity contribution is -0.404. The highest BCUT2D eigenvalue weighted by Gasteiger charge is 2.32. The molecule has 0 bridgehead atoms. The maximum absolute atomic E-state index is 12.5. The lowest BCUT2D eigenvalue weighted by Crippen LogP contribution is -2.39. The summed E-state index contributed by atoms with van der Waals surface area (Å²) in [6, 6.07) is 8.85. The molecule has 0 saturated heterocycles. The van der Waals surface area contributed by atoms with Crippen molar-refractivity contribution in [3.63, 3.8) is 0 Å². The van der Waals surface area contributed by atoms with Crippen molar-refractivity contribution in [2.24, 2.45) is 5.73 Å². The van der Waals surface area contributed by atoms with Crippen LogP contribution in [0.5, 0.6) is 5.75 Å². The van der Waals surface area contributed by atoms with E-state index in [-0.39, 0.29) is 5.97 Å². The molecule has 0 fully saturated rings. The zero-order valence-electron chi connectivity index (χ0n) is 19.8. The molecule has 3 aromatic rings. The second kappa shape index (κ2) is 12.2. The topological polar surface area (TPSA) is 202 Å². The molecule has 13 nitrogen and oxygen atoms in total. The van der Waals surface area contributed by atoms with Gasteiger partial charge in [-0.1, -0.05) is 12.1 Å². The summed E-state index contributed by atoms with van der Waals surface area (Å²) in [6.45, 7) is 5.80. The SMILES string of the molecule is CCOC(=O)C(=C(c1cccs1)c1cccs1)C(C)(C)N.O=[N+]([O-])c1cc([N+](=O)[O-])c(O)c([N+](=O)[O-])c1. The smallest absolute Gasteiger partial charge is 0.336 e. The van der Waals surface area contributed by atoms with E-state index in [0.29, 0.717) is 24.3 Å². The summed E-state index contributed by atoms with van der Waals surface area (Å²) in [6.07, 6.45) is 0. The first-order valence-electron chi connectivity index (χ1n) is 10.4. The molecule has 0 radical (unpaired) electrons. The molecule has 3 rings (SSSR count). The van der Waals surface area contributed by atoms with Crippen molar-refractivity contribution in [1.29, 1.82) is 0 Å². The van der Waals surface area contributed by atoms with E-state index in [9.17, 15) is 35.1 Å². The first-order chi connectivity index (χ1) is 17.3. The maximum atomic E-state index is 12.5. The van der Waals surface area contributed by atoms with Gasteiger partial charge in [0.1, 0.15) is 0 Å². The normalized spacial score (nSPS) is 10.6. The summed E-state index contributed by atoms with van der Waals surface area (Å²) < 4.78 is 5.24. The molecule has 0 aliphatic carbocycles. The fraction of sp³-hybridized carbons (Fsp3) is 0.227. The number of aromatic hydroxyl groups is 1. The van der Waals surface area contributed by atoms with Crippen LogP contribution < -0.4 is 5.73 Å². The van der Waals surface area contributed by atoms with E-state index in [2.05, 4.69) is 0 Å². The molecule has 0 unspecified atom stereocenters.